The molecule has 1 aromatic heterocycles. The third kappa shape index (κ3) is 6.00. The number of nitrogens with zero attached hydrogens (tertiary/aromatic N) is 5. The molecule has 2 aromatic rings. The fourth-order valence-corrected chi connectivity index (χ4v) is 6.02. The van der Waals surface area contributed by atoms with Gasteiger partial charge in [0.05, 0.1) is 11.4 Å². The summed E-state index contributed by atoms with van der Waals surface area (Å²) in [6.45, 7) is 2.15. The van der Waals surface area contributed by atoms with E-state index in [0.717, 1.165) is 25.0 Å². The number of hydrogen-bond acceptors (Lipinski definition) is 7. The summed E-state index contributed by atoms with van der Waals surface area (Å²) in [6, 6.07) is 5.22. The van der Waals surface area contributed by atoms with Gasteiger partial charge >= 0.3 is 0 Å². The van der Waals surface area contributed by atoms with Crippen LogP contribution in [0.15, 0.2) is 33.7 Å². The molecule has 2 fully saturated rings. The molecule has 0 spiro atoms. The van der Waals surface area contributed by atoms with Crippen molar-refractivity contribution in [3.63, 3.8) is 0 Å². The van der Waals surface area contributed by atoms with E-state index in [1.165, 1.54) is 35.7 Å². The zero-order valence-electron chi connectivity index (χ0n) is 19.5. The van der Waals surface area contributed by atoms with Crippen LogP contribution in [0.25, 0.3) is 0 Å². The molecule has 11 heteroatoms. The van der Waals surface area contributed by atoms with Crippen LogP contribution in [-0.2, 0) is 27.8 Å². The third-order valence-electron chi connectivity index (χ3n) is 6.73. The number of aryl methyl sites for hydroxylation is 1. The zero-order chi connectivity index (χ0) is 24.1. The van der Waals surface area contributed by atoms with Crippen LogP contribution in [-0.4, -0.2) is 77.8 Å². The molecule has 9 nitrogen and oxygen atoms in total. The lowest BCUT2D eigenvalue weighted by molar-refractivity contribution is -0.132. The number of hydrogen-bond donors (Lipinski definition) is 0. The van der Waals surface area contributed by atoms with Gasteiger partial charge in [0.15, 0.2) is 5.82 Å². The first-order chi connectivity index (χ1) is 16.3. The van der Waals surface area contributed by atoms with Gasteiger partial charge in [-0.2, -0.15) is 9.29 Å². The number of halogens is 1. The van der Waals surface area contributed by atoms with Crippen molar-refractivity contribution in [2.75, 3.05) is 33.2 Å². The molecule has 34 heavy (non-hydrogen) atoms. The molecule has 4 rings (SSSR count). The second-order valence-electron chi connectivity index (χ2n) is 9.03. The summed E-state index contributed by atoms with van der Waals surface area (Å²) in [7, 11) is -1.77. The van der Waals surface area contributed by atoms with Crippen molar-refractivity contribution >= 4 is 15.9 Å². The lowest BCUT2D eigenvalue weighted by Crippen LogP contribution is -2.48. The van der Waals surface area contributed by atoms with Crippen molar-refractivity contribution in [2.24, 2.45) is 0 Å². The summed E-state index contributed by atoms with van der Waals surface area (Å²) in [5, 5.41) is 4.03. The van der Waals surface area contributed by atoms with Crippen LogP contribution in [0, 0.1) is 5.82 Å². The predicted molar refractivity (Wildman–Crippen MR) is 123 cm³/mol. The van der Waals surface area contributed by atoms with Crippen LogP contribution in [0.2, 0.25) is 0 Å². The van der Waals surface area contributed by atoms with Crippen LogP contribution in [0.1, 0.15) is 50.2 Å². The van der Waals surface area contributed by atoms with Crippen molar-refractivity contribution in [1.29, 1.82) is 0 Å². The number of sulfonamides is 1. The highest BCUT2D eigenvalue weighted by Gasteiger charge is 2.29. The molecule has 0 bridgehead atoms. The summed E-state index contributed by atoms with van der Waals surface area (Å²) in [5.41, 5.74) is 0. The smallest absolute Gasteiger partial charge is 0.243 e. The van der Waals surface area contributed by atoms with Crippen molar-refractivity contribution < 1.29 is 22.1 Å². The molecule has 186 valence electrons. The standard InChI is InChI=1S/C23H32FN5O4S/c1-27(19-5-3-2-4-6-19)23(30)12-11-22-25-21(26-33-22)17-28-13-15-29(16-14-28)34(31,32)20-9-7-18(24)8-10-20/h7-10,19H,2-6,11-17H2,1H3. The molecule has 1 aromatic carbocycles. The molecule has 0 N–H and O–H groups in total. The fourth-order valence-electron chi connectivity index (χ4n) is 4.60. The predicted octanol–water partition coefficient (Wildman–Crippen LogP) is 2.44. The molecule has 0 unspecified atom stereocenters. The first-order valence-corrected chi connectivity index (χ1v) is 13.3. The topological polar surface area (TPSA) is 99.9 Å². The highest BCUT2D eigenvalue weighted by Crippen LogP contribution is 2.22. The Labute approximate surface area is 200 Å². The molecule has 1 saturated carbocycles. The van der Waals surface area contributed by atoms with Crippen LogP contribution >= 0.6 is 0 Å². The minimum atomic E-state index is -3.65. The second kappa shape index (κ2) is 10.9. The molecule has 0 radical (unpaired) electrons. The van der Waals surface area contributed by atoms with E-state index in [2.05, 4.69) is 15.0 Å². The Balaban J connectivity index is 1.23. The van der Waals surface area contributed by atoms with Gasteiger partial charge in [-0.15, -0.1) is 0 Å². The Morgan fingerprint density at radius 2 is 1.79 bits per heavy atom. The van der Waals surface area contributed by atoms with E-state index in [4.69, 9.17) is 4.52 Å². The van der Waals surface area contributed by atoms with Crippen LogP contribution in [0.4, 0.5) is 4.39 Å². The highest BCUT2D eigenvalue weighted by molar-refractivity contribution is 7.89. The molecular weight excluding hydrogens is 461 g/mol. The first kappa shape index (κ1) is 24.7. The molecule has 1 amide bonds. The van der Waals surface area contributed by atoms with E-state index in [1.807, 2.05) is 11.9 Å². The van der Waals surface area contributed by atoms with Crippen LogP contribution in [0.3, 0.4) is 0 Å². The molecule has 1 saturated heterocycles. The minimum absolute atomic E-state index is 0.0915. The molecule has 2 aliphatic rings. The maximum atomic E-state index is 13.1. The van der Waals surface area contributed by atoms with Crippen molar-refractivity contribution in [1.82, 2.24) is 24.2 Å². The van der Waals surface area contributed by atoms with E-state index >= 15 is 0 Å². The van der Waals surface area contributed by atoms with Crippen molar-refractivity contribution in [3.05, 3.63) is 41.8 Å². The first-order valence-electron chi connectivity index (χ1n) is 11.9. The number of aromatic nitrogens is 2. The fraction of sp³-hybridized carbons (Fsp3) is 0.609. The van der Waals surface area contributed by atoms with E-state index in [9.17, 15) is 17.6 Å². The Bertz CT molecular complexity index is 1060. The van der Waals surface area contributed by atoms with Crippen molar-refractivity contribution in [2.45, 2.75) is 62.4 Å². The monoisotopic (exact) mass is 493 g/mol. The van der Waals surface area contributed by atoms with Crippen LogP contribution in [0.5, 0.6) is 0 Å². The van der Waals surface area contributed by atoms with Gasteiger partial charge in [-0.05, 0) is 37.1 Å². The maximum Gasteiger partial charge on any atom is 0.243 e. The minimum Gasteiger partial charge on any atom is -0.343 e. The lowest BCUT2D eigenvalue weighted by Gasteiger charge is -2.33. The van der Waals surface area contributed by atoms with Gasteiger partial charge < -0.3 is 9.42 Å². The van der Waals surface area contributed by atoms with Crippen LogP contribution < -0.4 is 0 Å². The average Bonchev–Trinajstić information content (AvgIpc) is 3.30. The summed E-state index contributed by atoms with van der Waals surface area (Å²) < 4.78 is 45.4. The van der Waals surface area contributed by atoms with Gasteiger partial charge in [-0.25, -0.2) is 12.8 Å². The largest absolute Gasteiger partial charge is 0.343 e. The zero-order valence-corrected chi connectivity index (χ0v) is 20.3. The summed E-state index contributed by atoms with van der Waals surface area (Å²) in [6.07, 6.45) is 6.52. The van der Waals surface area contributed by atoms with Crippen molar-refractivity contribution in [3.8, 4) is 0 Å². The Hall–Kier alpha value is -2.37. The van der Waals surface area contributed by atoms with Gasteiger partial charge in [-0.1, -0.05) is 24.4 Å². The summed E-state index contributed by atoms with van der Waals surface area (Å²) in [5.74, 6) is 0.602. The van der Waals surface area contributed by atoms with Gasteiger partial charge in [0.2, 0.25) is 21.8 Å². The van der Waals surface area contributed by atoms with E-state index in [-0.39, 0.29) is 10.8 Å². The number of carbonyl (C=O) groups is 1. The number of piperazine rings is 1. The van der Waals surface area contributed by atoms with E-state index < -0.39 is 15.8 Å². The van der Waals surface area contributed by atoms with Gasteiger partial charge in [-0.3, -0.25) is 9.69 Å². The Kier molecular flexibility index (Phi) is 7.95. The van der Waals surface area contributed by atoms with Gasteiger partial charge in [0.25, 0.3) is 0 Å². The number of benzene rings is 1. The third-order valence-corrected chi connectivity index (χ3v) is 8.64. The number of rotatable bonds is 8. The quantitative estimate of drug-likeness (QED) is 0.557. The number of carbonyl (C=O) groups excluding carboxylic acids is 1. The molecule has 2 heterocycles. The second-order valence-corrected chi connectivity index (χ2v) is 11.0. The summed E-state index contributed by atoms with van der Waals surface area (Å²) >= 11 is 0. The lowest BCUT2D eigenvalue weighted by atomic mass is 9.94. The number of amides is 1. The molecule has 0 atom stereocenters. The highest BCUT2D eigenvalue weighted by atomic mass is 32.2. The summed E-state index contributed by atoms with van der Waals surface area (Å²) in [4.78, 5) is 21.0. The molecule has 1 aliphatic carbocycles. The maximum absolute atomic E-state index is 13.1. The normalized spacial score (nSPS) is 18.8. The van der Waals surface area contributed by atoms with Gasteiger partial charge in [0.1, 0.15) is 5.82 Å². The molecule has 1 aliphatic heterocycles. The average molecular weight is 494 g/mol. The Morgan fingerprint density at radius 1 is 1.12 bits per heavy atom. The SMILES string of the molecule is CN(C(=O)CCc1nc(CN2CCN(S(=O)(=O)c3ccc(F)cc3)CC2)no1)C1CCCCC1. The van der Waals surface area contributed by atoms with E-state index in [0.29, 0.717) is 63.3 Å². The molecular formula is C23H32FN5O4S. The van der Waals surface area contributed by atoms with E-state index in [1.54, 1.807) is 0 Å². The van der Waals surface area contributed by atoms with Gasteiger partial charge in [0, 0.05) is 52.1 Å². The Morgan fingerprint density at radius 3 is 2.47 bits per heavy atom.